The van der Waals surface area contributed by atoms with Crippen LogP contribution in [0.4, 0.5) is 5.69 Å². The van der Waals surface area contributed by atoms with Crippen LogP contribution < -0.4 is 5.73 Å². The molecule has 0 amide bonds. The predicted molar refractivity (Wildman–Crippen MR) is 66.0 cm³/mol. The summed E-state index contributed by atoms with van der Waals surface area (Å²) in [4.78, 5) is 14.5. The van der Waals surface area contributed by atoms with E-state index in [1.165, 1.54) is 12.1 Å². The lowest BCUT2D eigenvalue weighted by Gasteiger charge is -2.01. The lowest BCUT2D eigenvalue weighted by atomic mass is 10.2. The van der Waals surface area contributed by atoms with Gasteiger partial charge in [0.25, 0.3) is 11.6 Å². The Kier molecular flexibility index (Phi) is 2.75. The van der Waals surface area contributed by atoms with Gasteiger partial charge in [-0.3, -0.25) is 10.1 Å². The normalized spacial score (nSPS) is 16.3. The molecule has 1 atom stereocenters. The molecule has 2 aromatic rings. The van der Waals surface area contributed by atoms with Crippen LogP contribution >= 0.6 is 0 Å². The van der Waals surface area contributed by atoms with E-state index in [4.69, 9.17) is 10.3 Å². The van der Waals surface area contributed by atoms with Gasteiger partial charge in [0.2, 0.25) is 0 Å². The quantitative estimate of drug-likeness (QED) is 0.665. The van der Waals surface area contributed by atoms with Crippen molar-refractivity contribution in [3.8, 4) is 11.5 Å². The van der Waals surface area contributed by atoms with Crippen molar-refractivity contribution in [2.45, 2.75) is 18.9 Å². The summed E-state index contributed by atoms with van der Waals surface area (Å²) in [6, 6.07) is 5.87. The van der Waals surface area contributed by atoms with Gasteiger partial charge in [0.1, 0.15) is 0 Å². The Bertz CT molecular complexity index is 621. The fraction of sp³-hybridized carbons (Fsp3) is 0.333. The van der Waals surface area contributed by atoms with Gasteiger partial charge in [-0.2, -0.15) is 4.98 Å². The average Bonchev–Trinajstić information content (AvgIpc) is 3.15. The van der Waals surface area contributed by atoms with E-state index in [-0.39, 0.29) is 17.6 Å². The molecule has 98 valence electrons. The summed E-state index contributed by atoms with van der Waals surface area (Å²) < 4.78 is 5.12. The number of nitro groups is 1. The van der Waals surface area contributed by atoms with Gasteiger partial charge >= 0.3 is 0 Å². The van der Waals surface area contributed by atoms with Crippen LogP contribution in [-0.2, 0) is 0 Å². The van der Waals surface area contributed by atoms with Crippen LogP contribution in [0.2, 0.25) is 0 Å². The van der Waals surface area contributed by atoms with E-state index in [0.29, 0.717) is 17.3 Å². The number of hydrogen-bond donors (Lipinski definition) is 1. The maximum absolute atomic E-state index is 10.7. The standard InChI is InChI=1S/C12H12N4O3/c13-10(7-4-5-7)11-14-12(19-15-11)8-2-1-3-9(6-8)16(17)18/h1-3,6-7,10H,4-5,13H2. The monoisotopic (exact) mass is 260 g/mol. The molecule has 7 nitrogen and oxygen atoms in total. The molecule has 0 radical (unpaired) electrons. The third kappa shape index (κ3) is 2.32. The zero-order valence-electron chi connectivity index (χ0n) is 10.0. The molecule has 7 heteroatoms. The Balaban J connectivity index is 1.89. The second kappa shape index (κ2) is 4.43. The molecule has 1 heterocycles. The summed E-state index contributed by atoms with van der Waals surface area (Å²) in [5.74, 6) is 1.15. The molecule has 1 unspecified atom stereocenters. The molecular formula is C12H12N4O3. The summed E-state index contributed by atoms with van der Waals surface area (Å²) in [6.45, 7) is 0. The highest BCUT2D eigenvalue weighted by Gasteiger charge is 2.32. The first kappa shape index (κ1) is 11.8. The van der Waals surface area contributed by atoms with Gasteiger partial charge in [-0.15, -0.1) is 0 Å². The van der Waals surface area contributed by atoms with E-state index in [0.717, 1.165) is 12.8 Å². The van der Waals surface area contributed by atoms with Crippen molar-refractivity contribution in [2.24, 2.45) is 11.7 Å². The molecule has 19 heavy (non-hydrogen) atoms. The van der Waals surface area contributed by atoms with Gasteiger partial charge in [-0.1, -0.05) is 11.2 Å². The highest BCUT2D eigenvalue weighted by Crippen LogP contribution is 2.38. The van der Waals surface area contributed by atoms with Crippen molar-refractivity contribution < 1.29 is 9.45 Å². The topological polar surface area (TPSA) is 108 Å². The fourth-order valence-electron chi connectivity index (χ4n) is 1.91. The van der Waals surface area contributed by atoms with E-state index in [1.807, 2.05) is 0 Å². The van der Waals surface area contributed by atoms with Crippen molar-refractivity contribution in [1.82, 2.24) is 10.1 Å². The van der Waals surface area contributed by atoms with Crippen LogP contribution in [0.1, 0.15) is 24.7 Å². The van der Waals surface area contributed by atoms with Crippen LogP contribution in [0, 0.1) is 16.0 Å². The van der Waals surface area contributed by atoms with Crippen molar-refractivity contribution in [3.05, 3.63) is 40.2 Å². The highest BCUT2D eigenvalue weighted by molar-refractivity contribution is 5.57. The summed E-state index contributed by atoms with van der Waals surface area (Å²) in [5, 5.41) is 14.6. The van der Waals surface area contributed by atoms with E-state index in [1.54, 1.807) is 12.1 Å². The van der Waals surface area contributed by atoms with Crippen molar-refractivity contribution in [2.75, 3.05) is 0 Å². The van der Waals surface area contributed by atoms with E-state index in [9.17, 15) is 10.1 Å². The molecule has 1 fully saturated rings. The van der Waals surface area contributed by atoms with Crippen molar-refractivity contribution in [1.29, 1.82) is 0 Å². The lowest BCUT2D eigenvalue weighted by molar-refractivity contribution is -0.384. The molecule has 1 aromatic heterocycles. The number of hydrogen-bond acceptors (Lipinski definition) is 6. The first-order chi connectivity index (χ1) is 9.15. The summed E-state index contributed by atoms with van der Waals surface area (Å²) in [7, 11) is 0. The largest absolute Gasteiger partial charge is 0.334 e. The van der Waals surface area contributed by atoms with Gasteiger partial charge in [-0.05, 0) is 24.8 Å². The van der Waals surface area contributed by atoms with E-state index < -0.39 is 4.92 Å². The molecule has 0 saturated heterocycles. The first-order valence-corrected chi connectivity index (χ1v) is 5.99. The third-order valence-corrected chi connectivity index (χ3v) is 3.17. The number of nitrogens with zero attached hydrogens (tertiary/aromatic N) is 3. The minimum atomic E-state index is -0.462. The molecule has 0 bridgehead atoms. The van der Waals surface area contributed by atoms with Gasteiger partial charge in [0, 0.05) is 17.7 Å². The third-order valence-electron chi connectivity index (χ3n) is 3.17. The number of aromatic nitrogens is 2. The fourth-order valence-corrected chi connectivity index (χ4v) is 1.91. The maximum Gasteiger partial charge on any atom is 0.270 e. The van der Waals surface area contributed by atoms with Crippen LogP contribution in [-0.4, -0.2) is 15.1 Å². The number of nitrogens with two attached hydrogens (primary N) is 1. The average molecular weight is 260 g/mol. The Hall–Kier alpha value is -2.28. The van der Waals surface area contributed by atoms with E-state index >= 15 is 0 Å². The van der Waals surface area contributed by atoms with E-state index in [2.05, 4.69) is 10.1 Å². The molecule has 1 aliphatic rings. The summed E-state index contributed by atoms with van der Waals surface area (Å²) in [6.07, 6.45) is 2.17. The van der Waals surface area contributed by atoms with Crippen LogP contribution in [0.5, 0.6) is 0 Å². The SMILES string of the molecule is NC(c1noc(-c2cccc([N+](=O)[O-])c2)n1)C1CC1. The maximum atomic E-state index is 10.7. The second-order valence-corrected chi connectivity index (χ2v) is 4.63. The van der Waals surface area contributed by atoms with Gasteiger partial charge in [0.15, 0.2) is 5.82 Å². The molecule has 1 aliphatic carbocycles. The molecule has 1 aromatic carbocycles. The van der Waals surface area contributed by atoms with Crippen LogP contribution in [0.3, 0.4) is 0 Å². The number of non-ortho nitro benzene ring substituents is 1. The zero-order valence-corrected chi connectivity index (χ0v) is 10.0. The molecule has 2 N–H and O–H groups in total. The van der Waals surface area contributed by atoms with Gasteiger partial charge in [-0.25, -0.2) is 0 Å². The first-order valence-electron chi connectivity index (χ1n) is 5.99. The number of nitro benzene ring substituents is 1. The highest BCUT2D eigenvalue weighted by atomic mass is 16.6. The Morgan fingerprint density at radius 2 is 2.26 bits per heavy atom. The van der Waals surface area contributed by atoms with Crippen LogP contribution in [0.15, 0.2) is 28.8 Å². The summed E-state index contributed by atoms with van der Waals surface area (Å²) in [5.41, 5.74) is 6.49. The molecule has 0 spiro atoms. The van der Waals surface area contributed by atoms with Gasteiger partial charge in [0.05, 0.1) is 11.0 Å². The molecule has 3 rings (SSSR count). The van der Waals surface area contributed by atoms with Crippen LogP contribution in [0.25, 0.3) is 11.5 Å². The second-order valence-electron chi connectivity index (χ2n) is 4.63. The number of rotatable bonds is 4. The molecule has 1 saturated carbocycles. The molecular weight excluding hydrogens is 248 g/mol. The number of benzene rings is 1. The predicted octanol–water partition coefficient (Wildman–Crippen LogP) is 2.05. The minimum absolute atomic E-state index is 0.0104. The smallest absolute Gasteiger partial charge is 0.270 e. The summed E-state index contributed by atoms with van der Waals surface area (Å²) >= 11 is 0. The minimum Gasteiger partial charge on any atom is -0.334 e. The Morgan fingerprint density at radius 1 is 1.47 bits per heavy atom. The molecule has 0 aliphatic heterocycles. The van der Waals surface area contributed by atoms with Crippen molar-refractivity contribution in [3.63, 3.8) is 0 Å². The zero-order chi connectivity index (χ0) is 13.4. The van der Waals surface area contributed by atoms with Gasteiger partial charge < -0.3 is 10.3 Å². The Morgan fingerprint density at radius 3 is 2.95 bits per heavy atom. The van der Waals surface area contributed by atoms with Crippen molar-refractivity contribution >= 4 is 5.69 Å². The Labute approximate surface area is 108 Å². The lowest BCUT2D eigenvalue weighted by Crippen LogP contribution is -2.13.